The Morgan fingerprint density at radius 3 is 2.48 bits per heavy atom. The van der Waals surface area contributed by atoms with Crippen LogP contribution in [-0.4, -0.2) is 24.0 Å². The molecule has 1 amide bonds. The van der Waals surface area contributed by atoms with E-state index < -0.39 is 0 Å². The fraction of sp³-hybridized carbons (Fsp3) is 0.333. The molecule has 1 aromatic carbocycles. The highest BCUT2D eigenvalue weighted by molar-refractivity contribution is 9.10. The molecule has 4 nitrogen and oxygen atoms in total. The molecule has 23 heavy (non-hydrogen) atoms. The van der Waals surface area contributed by atoms with Crippen LogP contribution < -0.4 is 10.6 Å². The smallest absolute Gasteiger partial charge is 0.220 e. The van der Waals surface area contributed by atoms with Crippen molar-refractivity contribution < 1.29 is 4.79 Å². The number of carbonyl (C=O) groups excluding carboxylic acids is 1. The number of rotatable bonds is 3. The summed E-state index contributed by atoms with van der Waals surface area (Å²) >= 11 is 3.64. The van der Waals surface area contributed by atoms with Gasteiger partial charge >= 0.3 is 0 Å². The average molecular weight is 374 g/mol. The zero-order valence-electron chi connectivity index (χ0n) is 13.1. The normalized spacial score (nSPS) is 15.7. The van der Waals surface area contributed by atoms with Crippen molar-refractivity contribution >= 4 is 27.5 Å². The molecule has 5 heteroatoms. The molecule has 0 atom stereocenters. The highest BCUT2D eigenvalue weighted by atomic mass is 79.9. The molecular formula is C18H20BrN3O. The Morgan fingerprint density at radius 1 is 1.22 bits per heavy atom. The van der Waals surface area contributed by atoms with E-state index in [0.717, 1.165) is 47.2 Å². The van der Waals surface area contributed by atoms with Crippen molar-refractivity contribution in [3.8, 4) is 11.1 Å². The number of anilines is 1. The number of piperidine rings is 1. The van der Waals surface area contributed by atoms with Crippen LogP contribution in [0, 0.1) is 12.8 Å². The SMILES string of the molecule is Cc1ccc(-c2cncc(Br)c2N2CCC(C(N)=O)CC2)cc1. The topological polar surface area (TPSA) is 59.2 Å². The summed E-state index contributed by atoms with van der Waals surface area (Å²) < 4.78 is 0.980. The van der Waals surface area contributed by atoms with E-state index in [1.807, 2.05) is 12.4 Å². The number of primary amides is 1. The van der Waals surface area contributed by atoms with Crippen molar-refractivity contribution in [1.29, 1.82) is 0 Å². The molecule has 1 fully saturated rings. The first kappa shape index (κ1) is 16.0. The Hall–Kier alpha value is -1.88. The van der Waals surface area contributed by atoms with Crippen molar-refractivity contribution in [2.45, 2.75) is 19.8 Å². The molecule has 2 N–H and O–H groups in total. The summed E-state index contributed by atoms with van der Waals surface area (Å²) in [5.74, 6) is -0.188. The molecule has 0 bridgehead atoms. The van der Waals surface area contributed by atoms with E-state index in [9.17, 15) is 4.79 Å². The molecule has 1 saturated heterocycles. The highest BCUT2D eigenvalue weighted by Gasteiger charge is 2.26. The van der Waals surface area contributed by atoms with Crippen LogP contribution in [0.15, 0.2) is 41.1 Å². The van der Waals surface area contributed by atoms with Crippen molar-refractivity contribution in [3.05, 3.63) is 46.7 Å². The van der Waals surface area contributed by atoms with Crippen LogP contribution in [0.2, 0.25) is 0 Å². The number of pyridine rings is 1. The molecule has 0 radical (unpaired) electrons. The number of nitrogens with two attached hydrogens (primary N) is 1. The third kappa shape index (κ3) is 3.39. The van der Waals surface area contributed by atoms with Gasteiger partial charge in [0.05, 0.1) is 10.2 Å². The van der Waals surface area contributed by atoms with E-state index in [-0.39, 0.29) is 11.8 Å². The first-order chi connectivity index (χ1) is 11.1. The molecule has 2 aromatic rings. The number of carbonyl (C=O) groups is 1. The van der Waals surface area contributed by atoms with Crippen LogP contribution in [0.5, 0.6) is 0 Å². The molecular weight excluding hydrogens is 354 g/mol. The Morgan fingerprint density at radius 2 is 1.87 bits per heavy atom. The van der Waals surface area contributed by atoms with E-state index in [2.05, 4.69) is 57.0 Å². The first-order valence-electron chi connectivity index (χ1n) is 7.81. The number of amides is 1. The molecule has 0 aliphatic carbocycles. The number of hydrogen-bond donors (Lipinski definition) is 1. The van der Waals surface area contributed by atoms with Crippen molar-refractivity contribution in [1.82, 2.24) is 4.98 Å². The number of aryl methyl sites for hydroxylation is 1. The largest absolute Gasteiger partial charge is 0.370 e. The molecule has 1 aliphatic rings. The van der Waals surface area contributed by atoms with Gasteiger partial charge in [-0.15, -0.1) is 0 Å². The van der Waals surface area contributed by atoms with E-state index in [1.165, 1.54) is 5.56 Å². The van der Waals surface area contributed by atoms with Crippen LogP contribution in [0.1, 0.15) is 18.4 Å². The van der Waals surface area contributed by atoms with Gasteiger partial charge in [-0.25, -0.2) is 0 Å². The zero-order valence-corrected chi connectivity index (χ0v) is 14.7. The maximum atomic E-state index is 11.4. The maximum absolute atomic E-state index is 11.4. The van der Waals surface area contributed by atoms with Crippen molar-refractivity contribution in [2.75, 3.05) is 18.0 Å². The molecule has 120 valence electrons. The fourth-order valence-electron chi connectivity index (χ4n) is 3.08. The van der Waals surface area contributed by atoms with E-state index in [4.69, 9.17) is 5.73 Å². The highest BCUT2D eigenvalue weighted by Crippen LogP contribution is 2.38. The van der Waals surface area contributed by atoms with Gasteiger partial charge in [-0.2, -0.15) is 0 Å². The Kier molecular flexibility index (Phi) is 4.66. The zero-order chi connectivity index (χ0) is 16.4. The minimum absolute atomic E-state index is 0.00492. The second-order valence-electron chi connectivity index (χ2n) is 6.05. The maximum Gasteiger partial charge on any atom is 0.220 e. The van der Waals surface area contributed by atoms with E-state index in [0.29, 0.717) is 0 Å². The Bertz CT molecular complexity index is 707. The van der Waals surface area contributed by atoms with Gasteiger partial charge < -0.3 is 10.6 Å². The minimum atomic E-state index is -0.183. The summed E-state index contributed by atoms with van der Waals surface area (Å²) in [6.45, 7) is 3.74. The summed E-state index contributed by atoms with van der Waals surface area (Å²) in [6, 6.07) is 8.47. The lowest BCUT2D eigenvalue weighted by Crippen LogP contribution is -2.38. The summed E-state index contributed by atoms with van der Waals surface area (Å²) in [5.41, 5.74) is 10.1. The fourth-order valence-corrected chi connectivity index (χ4v) is 3.66. The second kappa shape index (κ2) is 6.71. The van der Waals surface area contributed by atoms with Gasteiger partial charge in [0.2, 0.25) is 5.91 Å². The predicted octanol–water partition coefficient (Wildman–Crippen LogP) is 3.52. The lowest BCUT2D eigenvalue weighted by Gasteiger charge is -2.34. The number of nitrogens with zero attached hydrogens (tertiary/aromatic N) is 2. The van der Waals surface area contributed by atoms with Gasteiger partial charge in [0.25, 0.3) is 0 Å². The summed E-state index contributed by atoms with van der Waals surface area (Å²) in [6.07, 6.45) is 5.34. The standard InChI is InChI=1S/C18H20BrN3O/c1-12-2-4-13(5-3-12)15-10-21-11-16(19)17(15)22-8-6-14(7-9-22)18(20)23/h2-5,10-11,14H,6-9H2,1H3,(H2,20,23). The third-order valence-electron chi connectivity index (χ3n) is 4.45. The van der Waals surface area contributed by atoms with Gasteiger partial charge in [0.15, 0.2) is 0 Å². The van der Waals surface area contributed by atoms with Crippen LogP contribution >= 0.6 is 15.9 Å². The van der Waals surface area contributed by atoms with E-state index >= 15 is 0 Å². The second-order valence-corrected chi connectivity index (χ2v) is 6.90. The summed E-state index contributed by atoms with van der Waals surface area (Å²) in [7, 11) is 0. The first-order valence-corrected chi connectivity index (χ1v) is 8.60. The lowest BCUT2D eigenvalue weighted by molar-refractivity contribution is -0.122. The van der Waals surface area contributed by atoms with Crippen molar-refractivity contribution in [2.24, 2.45) is 11.7 Å². The molecule has 3 rings (SSSR count). The Labute approximate surface area is 144 Å². The third-order valence-corrected chi connectivity index (χ3v) is 5.03. The van der Waals surface area contributed by atoms with Crippen LogP contribution in [0.3, 0.4) is 0 Å². The molecule has 2 heterocycles. The van der Waals surface area contributed by atoms with Gasteiger partial charge in [-0.3, -0.25) is 9.78 Å². The number of benzene rings is 1. The molecule has 1 aromatic heterocycles. The molecule has 0 saturated carbocycles. The van der Waals surface area contributed by atoms with Gasteiger partial charge in [-0.05, 0) is 41.3 Å². The van der Waals surface area contributed by atoms with E-state index in [1.54, 1.807) is 0 Å². The van der Waals surface area contributed by atoms with Crippen LogP contribution in [0.25, 0.3) is 11.1 Å². The molecule has 1 aliphatic heterocycles. The summed E-state index contributed by atoms with van der Waals surface area (Å²) in [5, 5.41) is 0. The van der Waals surface area contributed by atoms with Crippen molar-refractivity contribution in [3.63, 3.8) is 0 Å². The number of halogens is 1. The van der Waals surface area contributed by atoms with Gasteiger partial charge in [0, 0.05) is 37.0 Å². The Balaban J connectivity index is 1.93. The number of hydrogen-bond acceptors (Lipinski definition) is 3. The average Bonchev–Trinajstić information content (AvgIpc) is 2.55. The van der Waals surface area contributed by atoms with Crippen LogP contribution in [-0.2, 0) is 4.79 Å². The van der Waals surface area contributed by atoms with Gasteiger partial charge in [0.1, 0.15) is 0 Å². The monoisotopic (exact) mass is 373 g/mol. The van der Waals surface area contributed by atoms with Gasteiger partial charge in [-0.1, -0.05) is 29.8 Å². The lowest BCUT2D eigenvalue weighted by atomic mass is 9.95. The summed E-state index contributed by atoms with van der Waals surface area (Å²) in [4.78, 5) is 18.0. The number of aromatic nitrogens is 1. The quantitative estimate of drug-likeness (QED) is 0.894. The minimum Gasteiger partial charge on any atom is -0.370 e. The molecule has 0 unspecified atom stereocenters. The van der Waals surface area contributed by atoms with Crippen LogP contribution in [0.4, 0.5) is 5.69 Å². The predicted molar refractivity (Wildman–Crippen MR) is 96.2 cm³/mol. The molecule has 0 spiro atoms.